The topological polar surface area (TPSA) is 53.9 Å². The molecule has 1 aromatic carbocycles. The van der Waals surface area contributed by atoms with E-state index in [-0.39, 0.29) is 12.0 Å². The van der Waals surface area contributed by atoms with Crippen molar-refractivity contribution in [3.05, 3.63) is 29.8 Å². The van der Waals surface area contributed by atoms with Crippen LogP contribution >= 0.6 is 0 Å². The fraction of sp³-hybridized carbons (Fsp3) is 0.588. The average molecular weight is 323 g/mol. The van der Waals surface area contributed by atoms with Crippen molar-refractivity contribution in [2.24, 2.45) is 10.3 Å². The van der Waals surface area contributed by atoms with Gasteiger partial charge in [-0.15, -0.1) is 0 Å². The quantitative estimate of drug-likeness (QED) is 0.472. The van der Waals surface area contributed by atoms with Crippen LogP contribution in [0.4, 0.5) is 0 Å². The van der Waals surface area contributed by atoms with Crippen molar-refractivity contribution < 1.29 is 14.0 Å². The van der Waals surface area contributed by atoms with Crippen LogP contribution in [0, 0.1) is 12.8 Å². The van der Waals surface area contributed by atoms with Gasteiger partial charge in [0, 0.05) is 12.5 Å². The predicted octanol–water partition coefficient (Wildman–Crippen LogP) is 3.66. The largest absolute Gasteiger partial charge is 0.586 e. The van der Waals surface area contributed by atoms with Gasteiger partial charge in [-0.05, 0) is 42.7 Å². The Morgan fingerprint density at radius 2 is 2.18 bits per heavy atom. The molecule has 0 saturated carbocycles. The van der Waals surface area contributed by atoms with Crippen LogP contribution in [-0.4, -0.2) is 29.8 Å². The van der Waals surface area contributed by atoms with E-state index in [1.54, 1.807) is 0 Å². The second kappa shape index (κ2) is 8.56. The molecule has 1 saturated heterocycles. The monoisotopic (exact) mass is 323 g/mol. The van der Waals surface area contributed by atoms with E-state index in [2.05, 4.69) is 18.2 Å². The third kappa shape index (κ3) is 5.00. The van der Waals surface area contributed by atoms with E-state index < -0.39 is 11.4 Å². The van der Waals surface area contributed by atoms with Crippen LogP contribution in [0.25, 0.3) is 0 Å². The number of nitrogens with zero attached hydrogens (tertiary/aromatic N) is 1. The molecule has 0 aromatic heterocycles. The summed E-state index contributed by atoms with van der Waals surface area (Å²) >= 11 is -1.43. The highest BCUT2D eigenvalue weighted by molar-refractivity contribution is 7.90. The summed E-state index contributed by atoms with van der Waals surface area (Å²) < 4.78 is 28.2. The number of hydrogen-bond donors (Lipinski definition) is 0. The molecule has 122 valence electrons. The molecule has 0 radical (unpaired) electrons. The molecule has 4 nitrogen and oxygen atoms in total. The molecular formula is C17H25NO3S. The first-order chi connectivity index (χ1) is 10.6. The van der Waals surface area contributed by atoms with Gasteiger partial charge >= 0.3 is 0 Å². The third-order valence-corrected chi connectivity index (χ3v) is 4.86. The van der Waals surface area contributed by atoms with Gasteiger partial charge in [0.05, 0.1) is 6.61 Å². The Balaban J connectivity index is 2.10. The summed E-state index contributed by atoms with van der Waals surface area (Å²) in [4.78, 5) is 0.704. The summed E-state index contributed by atoms with van der Waals surface area (Å²) in [7, 11) is 0. The first kappa shape index (κ1) is 17.3. The number of benzene rings is 1. The summed E-state index contributed by atoms with van der Waals surface area (Å²) in [5, 5.41) is 0. The molecule has 0 N–H and O–H groups in total. The van der Waals surface area contributed by atoms with Gasteiger partial charge in [-0.2, -0.15) is 0 Å². The van der Waals surface area contributed by atoms with Crippen LogP contribution in [0.15, 0.2) is 33.6 Å². The lowest BCUT2D eigenvalue weighted by molar-refractivity contribution is -0.00115. The molecule has 0 amide bonds. The second-order valence-electron chi connectivity index (χ2n) is 5.76. The number of rotatable bonds is 5. The summed E-state index contributed by atoms with van der Waals surface area (Å²) in [5.41, 5.74) is 1.14. The van der Waals surface area contributed by atoms with Crippen LogP contribution in [-0.2, 0) is 20.8 Å². The Hall–Kier alpha value is -1.04. The lowest BCUT2D eigenvalue weighted by Gasteiger charge is -2.25. The minimum atomic E-state index is -1.43. The van der Waals surface area contributed by atoms with Crippen LogP contribution in [0.5, 0.6) is 0 Å². The Bertz CT molecular complexity index is 483. The Morgan fingerprint density at radius 3 is 2.77 bits per heavy atom. The van der Waals surface area contributed by atoms with Crippen molar-refractivity contribution in [2.45, 2.75) is 51.0 Å². The molecule has 1 heterocycles. The first-order valence-electron chi connectivity index (χ1n) is 7.91. The summed E-state index contributed by atoms with van der Waals surface area (Å²) in [6.07, 6.45) is 2.89. The lowest BCUT2D eigenvalue weighted by atomic mass is 10.1. The maximum atomic E-state index is 12.4. The van der Waals surface area contributed by atoms with Gasteiger partial charge in [0.2, 0.25) is 5.90 Å². The third-order valence-electron chi connectivity index (χ3n) is 3.84. The van der Waals surface area contributed by atoms with Crippen molar-refractivity contribution in [3.8, 4) is 0 Å². The molecule has 0 spiro atoms. The van der Waals surface area contributed by atoms with E-state index in [1.165, 1.54) is 0 Å². The zero-order valence-electron chi connectivity index (χ0n) is 13.6. The summed E-state index contributed by atoms with van der Waals surface area (Å²) in [5.74, 6) is 0.730. The van der Waals surface area contributed by atoms with Crippen LogP contribution < -0.4 is 0 Å². The lowest BCUT2D eigenvalue weighted by Crippen LogP contribution is -2.30. The van der Waals surface area contributed by atoms with E-state index in [9.17, 15) is 4.55 Å². The van der Waals surface area contributed by atoms with Gasteiger partial charge in [-0.25, -0.2) is 0 Å². The van der Waals surface area contributed by atoms with Crippen LogP contribution in [0.3, 0.4) is 0 Å². The molecule has 1 aliphatic rings. The smallest absolute Gasteiger partial charge is 0.241 e. The normalized spacial score (nSPS) is 22.2. The van der Waals surface area contributed by atoms with Crippen molar-refractivity contribution >= 4 is 17.3 Å². The maximum Gasteiger partial charge on any atom is 0.241 e. The molecular weight excluding hydrogens is 298 g/mol. The van der Waals surface area contributed by atoms with Gasteiger partial charge in [0.25, 0.3) is 0 Å². The molecule has 2 rings (SSSR count). The number of hydrogen-bond acceptors (Lipinski definition) is 4. The van der Waals surface area contributed by atoms with Crippen molar-refractivity contribution in [1.82, 2.24) is 0 Å². The van der Waals surface area contributed by atoms with E-state index >= 15 is 0 Å². The van der Waals surface area contributed by atoms with Crippen molar-refractivity contribution in [3.63, 3.8) is 0 Å². The standard InChI is InChI=1S/C17H25NO3S/c1-4-14(3)17(21-15-6-5-11-20-12-15)18-22(19)16-9-7-13(2)8-10-16/h7-10,14-15H,4-6,11-12H2,1-3H3/t14-,15?,22?/m1/s1. The summed E-state index contributed by atoms with van der Waals surface area (Å²) in [6.45, 7) is 7.52. The van der Waals surface area contributed by atoms with E-state index in [1.807, 2.05) is 31.2 Å². The Morgan fingerprint density at radius 1 is 1.45 bits per heavy atom. The fourth-order valence-corrected chi connectivity index (χ4v) is 3.03. The van der Waals surface area contributed by atoms with E-state index in [0.29, 0.717) is 17.4 Å². The van der Waals surface area contributed by atoms with Gasteiger partial charge in [0.15, 0.2) is 4.90 Å². The summed E-state index contributed by atoms with van der Waals surface area (Å²) in [6, 6.07) is 7.60. The minimum Gasteiger partial charge on any atom is -0.586 e. The second-order valence-corrected chi connectivity index (χ2v) is 6.91. The average Bonchev–Trinajstić information content (AvgIpc) is 2.55. The number of aryl methyl sites for hydroxylation is 1. The highest BCUT2D eigenvalue weighted by Crippen LogP contribution is 2.19. The van der Waals surface area contributed by atoms with E-state index in [4.69, 9.17) is 9.47 Å². The fourth-order valence-electron chi connectivity index (χ4n) is 2.17. The van der Waals surface area contributed by atoms with E-state index in [0.717, 1.165) is 31.4 Å². The highest BCUT2D eigenvalue weighted by atomic mass is 32.2. The molecule has 1 aromatic rings. The van der Waals surface area contributed by atoms with Gasteiger partial charge < -0.3 is 14.0 Å². The maximum absolute atomic E-state index is 12.4. The first-order valence-corrected chi connectivity index (χ1v) is 9.02. The van der Waals surface area contributed by atoms with Gasteiger partial charge in [0.1, 0.15) is 17.5 Å². The highest BCUT2D eigenvalue weighted by Gasteiger charge is 2.23. The Labute approximate surface area is 136 Å². The van der Waals surface area contributed by atoms with Gasteiger partial charge in [-0.1, -0.05) is 31.5 Å². The molecule has 0 aliphatic carbocycles. The molecule has 3 atom stereocenters. The Kier molecular flexibility index (Phi) is 6.73. The van der Waals surface area contributed by atoms with Crippen LogP contribution in [0.1, 0.15) is 38.7 Å². The van der Waals surface area contributed by atoms with Crippen molar-refractivity contribution in [2.75, 3.05) is 13.2 Å². The minimum absolute atomic E-state index is 0.0246. The zero-order chi connectivity index (χ0) is 15.9. The van der Waals surface area contributed by atoms with Gasteiger partial charge in [-0.3, -0.25) is 0 Å². The molecule has 0 bridgehead atoms. The SMILES string of the molecule is CC[C@@H](C)C(=N[S+]([O-])c1ccc(C)cc1)OC1CCCOC1. The number of ether oxygens (including phenoxy) is 2. The van der Waals surface area contributed by atoms with Crippen LogP contribution in [0.2, 0.25) is 0 Å². The molecule has 2 unspecified atom stereocenters. The molecule has 1 fully saturated rings. The van der Waals surface area contributed by atoms with Crippen molar-refractivity contribution in [1.29, 1.82) is 0 Å². The molecule has 1 aliphatic heterocycles. The molecule has 5 heteroatoms. The zero-order valence-corrected chi connectivity index (χ0v) is 14.4. The molecule has 22 heavy (non-hydrogen) atoms. The predicted molar refractivity (Wildman–Crippen MR) is 89.4 cm³/mol.